The number of aliphatic hydroxyl groups is 1. The summed E-state index contributed by atoms with van der Waals surface area (Å²) >= 11 is 6.13. The van der Waals surface area contributed by atoms with Gasteiger partial charge >= 0.3 is 0 Å². The summed E-state index contributed by atoms with van der Waals surface area (Å²) in [5.41, 5.74) is 1.96. The van der Waals surface area contributed by atoms with E-state index in [1.54, 1.807) is 13.2 Å². The van der Waals surface area contributed by atoms with Gasteiger partial charge in [-0.05, 0) is 25.1 Å². The third kappa shape index (κ3) is 3.71. The summed E-state index contributed by atoms with van der Waals surface area (Å²) in [7, 11) is 0.317. The van der Waals surface area contributed by atoms with Crippen molar-refractivity contribution in [3.05, 3.63) is 29.5 Å². The summed E-state index contributed by atoms with van der Waals surface area (Å²) in [4.78, 5) is 8.39. The van der Waals surface area contributed by atoms with Gasteiger partial charge in [0.1, 0.15) is 5.15 Å². The molecule has 1 saturated heterocycles. The van der Waals surface area contributed by atoms with E-state index in [0.717, 1.165) is 22.1 Å². The van der Waals surface area contributed by atoms with Gasteiger partial charge in [-0.1, -0.05) is 11.6 Å². The van der Waals surface area contributed by atoms with Crippen molar-refractivity contribution in [2.45, 2.75) is 19.0 Å². The van der Waals surface area contributed by atoms with E-state index in [1.165, 1.54) is 10.6 Å². The van der Waals surface area contributed by atoms with Crippen molar-refractivity contribution in [1.29, 1.82) is 0 Å². The second-order valence-corrected chi connectivity index (χ2v) is 9.47. The van der Waals surface area contributed by atoms with E-state index in [4.69, 9.17) is 11.6 Å². The number of nitrogens with zero attached hydrogens (tertiary/aromatic N) is 4. The van der Waals surface area contributed by atoms with Gasteiger partial charge in [0.15, 0.2) is 0 Å². The fourth-order valence-electron chi connectivity index (χ4n) is 3.61. The number of anilines is 2. The summed E-state index contributed by atoms with van der Waals surface area (Å²) in [5.74, 6) is 0. The summed E-state index contributed by atoms with van der Waals surface area (Å²) < 4.78 is 25.1. The van der Waals surface area contributed by atoms with Crippen LogP contribution in [0.25, 0.3) is 10.8 Å². The molecule has 1 aliphatic rings. The van der Waals surface area contributed by atoms with Crippen LogP contribution < -0.4 is 9.80 Å². The maximum Gasteiger partial charge on any atom is 0.211 e. The van der Waals surface area contributed by atoms with E-state index in [9.17, 15) is 13.5 Å². The van der Waals surface area contributed by atoms with Crippen LogP contribution in [0, 0.1) is 0 Å². The van der Waals surface area contributed by atoms with Gasteiger partial charge in [0.2, 0.25) is 10.0 Å². The molecule has 7 nitrogen and oxygen atoms in total. The van der Waals surface area contributed by atoms with Crippen LogP contribution >= 0.6 is 11.6 Å². The normalized spacial score (nSPS) is 20.2. The highest BCUT2D eigenvalue weighted by Crippen LogP contribution is 2.39. The molecule has 0 saturated carbocycles. The van der Waals surface area contributed by atoms with Crippen LogP contribution in [-0.2, 0) is 10.0 Å². The van der Waals surface area contributed by atoms with Gasteiger partial charge in [-0.3, -0.25) is 0 Å². The van der Waals surface area contributed by atoms with E-state index in [2.05, 4.69) is 9.88 Å². The molecule has 0 radical (unpaired) electrons. The maximum atomic E-state index is 11.8. The lowest BCUT2D eigenvalue weighted by atomic mass is 9.95. The number of hydrogen-bond acceptors (Lipinski definition) is 6. The molecule has 27 heavy (non-hydrogen) atoms. The van der Waals surface area contributed by atoms with Gasteiger partial charge in [0, 0.05) is 61.6 Å². The largest absolute Gasteiger partial charge is 0.395 e. The molecule has 0 aliphatic carbocycles. The van der Waals surface area contributed by atoms with Crippen molar-refractivity contribution in [2.24, 2.45) is 0 Å². The van der Waals surface area contributed by atoms with Gasteiger partial charge in [0.25, 0.3) is 0 Å². The van der Waals surface area contributed by atoms with Crippen molar-refractivity contribution >= 4 is 43.8 Å². The van der Waals surface area contributed by atoms with Crippen molar-refractivity contribution in [3.8, 4) is 0 Å². The standard InChI is InChI=1S/C18H25ClN4O3S/c1-12-17(22(3)27(4,25)26)11-23(12)16-6-5-15(21(2)7-8-24)13-9-18(19)20-10-14(13)16/h5-6,9-10,12,17,24H,7-8,11H2,1-4H3/t12-,17+/m1/s1. The number of halogens is 1. The van der Waals surface area contributed by atoms with Crippen LogP contribution in [0.15, 0.2) is 24.4 Å². The lowest BCUT2D eigenvalue weighted by Gasteiger charge is -2.51. The number of sulfonamides is 1. The molecule has 1 aromatic heterocycles. The zero-order valence-corrected chi connectivity index (χ0v) is 17.5. The van der Waals surface area contributed by atoms with Crippen molar-refractivity contribution in [3.63, 3.8) is 0 Å². The fraction of sp³-hybridized carbons (Fsp3) is 0.500. The number of benzene rings is 1. The number of pyridine rings is 1. The first-order valence-corrected chi connectivity index (χ1v) is 11.0. The minimum absolute atomic E-state index is 0.0459. The van der Waals surface area contributed by atoms with Crippen LogP contribution in [-0.4, -0.2) is 74.9 Å². The summed E-state index contributed by atoms with van der Waals surface area (Å²) in [5, 5.41) is 11.6. The predicted molar refractivity (Wildman–Crippen MR) is 110 cm³/mol. The maximum absolute atomic E-state index is 11.8. The van der Waals surface area contributed by atoms with E-state index >= 15 is 0 Å². The number of likely N-dealkylation sites (N-methyl/N-ethyl adjacent to an activating group) is 2. The third-order valence-electron chi connectivity index (χ3n) is 5.40. The first kappa shape index (κ1) is 20.1. The monoisotopic (exact) mass is 412 g/mol. The molecule has 0 amide bonds. The van der Waals surface area contributed by atoms with Gasteiger partial charge in [-0.25, -0.2) is 13.4 Å². The molecule has 1 aromatic carbocycles. The average Bonchev–Trinajstić information content (AvgIpc) is 2.59. The van der Waals surface area contributed by atoms with Crippen LogP contribution in [0.5, 0.6) is 0 Å². The molecular formula is C18H25ClN4O3S. The Labute approximate surface area is 165 Å². The lowest BCUT2D eigenvalue weighted by Crippen LogP contribution is -2.65. The molecule has 0 bridgehead atoms. The van der Waals surface area contributed by atoms with Crippen molar-refractivity contribution in [2.75, 3.05) is 49.8 Å². The Bertz CT molecular complexity index is 953. The zero-order chi connectivity index (χ0) is 19.9. The van der Waals surface area contributed by atoms with Gasteiger partial charge < -0.3 is 14.9 Å². The van der Waals surface area contributed by atoms with E-state index in [-0.39, 0.29) is 18.7 Å². The summed E-state index contributed by atoms with van der Waals surface area (Å²) in [6.07, 6.45) is 2.99. The second-order valence-electron chi connectivity index (χ2n) is 7.04. The van der Waals surface area contributed by atoms with E-state index in [0.29, 0.717) is 18.2 Å². The first-order valence-electron chi connectivity index (χ1n) is 8.75. The Hall–Kier alpha value is -1.61. The quantitative estimate of drug-likeness (QED) is 0.729. The average molecular weight is 413 g/mol. The molecule has 2 aromatic rings. The molecule has 2 heterocycles. The smallest absolute Gasteiger partial charge is 0.211 e. The Balaban J connectivity index is 1.99. The van der Waals surface area contributed by atoms with Gasteiger partial charge in [-0.2, -0.15) is 4.31 Å². The molecular weight excluding hydrogens is 388 g/mol. The lowest BCUT2D eigenvalue weighted by molar-refractivity contribution is 0.251. The van der Waals surface area contributed by atoms with Crippen molar-refractivity contribution in [1.82, 2.24) is 9.29 Å². The number of aliphatic hydroxyl groups excluding tert-OH is 1. The fourth-order valence-corrected chi connectivity index (χ4v) is 4.50. The minimum Gasteiger partial charge on any atom is -0.395 e. The highest BCUT2D eigenvalue weighted by molar-refractivity contribution is 7.88. The molecule has 2 atom stereocenters. The first-order chi connectivity index (χ1) is 12.6. The Morgan fingerprint density at radius 1 is 1.33 bits per heavy atom. The van der Waals surface area contributed by atoms with Gasteiger partial charge in [-0.15, -0.1) is 0 Å². The molecule has 3 rings (SSSR count). The molecule has 9 heteroatoms. The molecule has 0 spiro atoms. The highest BCUT2D eigenvalue weighted by Gasteiger charge is 2.41. The van der Waals surface area contributed by atoms with E-state index < -0.39 is 10.0 Å². The van der Waals surface area contributed by atoms with Crippen LogP contribution in [0.3, 0.4) is 0 Å². The molecule has 1 N–H and O–H groups in total. The van der Waals surface area contributed by atoms with Crippen molar-refractivity contribution < 1.29 is 13.5 Å². The van der Waals surface area contributed by atoms with Crippen LogP contribution in [0.4, 0.5) is 11.4 Å². The molecule has 1 aliphatic heterocycles. The summed E-state index contributed by atoms with van der Waals surface area (Å²) in [6.45, 7) is 3.21. The van der Waals surface area contributed by atoms with Gasteiger partial charge in [0.05, 0.1) is 18.9 Å². The Kier molecular flexibility index (Phi) is 5.54. The molecule has 0 unspecified atom stereocenters. The number of rotatable bonds is 6. The summed E-state index contributed by atoms with van der Waals surface area (Å²) in [6, 6.07) is 5.84. The SMILES string of the molecule is C[C@@H]1[C@@H](N(C)S(C)(=O)=O)CN1c1ccc(N(C)CCO)c2cc(Cl)ncc12. The zero-order valence-electron chi connectivity index (χ0n) is 15.9. The predicted octanol–water partition coefficient (Wildman–Crippen LogP) is 1.79. The number of hydrogen-bond donors (Lipinski definition) is 1. The second kappa shape index (κ2) is 7.43. The van der Waals surface area contributed by atoms with Crippen LogP contribution in [0.2, 0.25) is 5.15 Å². The molecule has 1 fully saturated rings. The van der Waals surface area contributed by atoms with Crippen LogP contribution in [0.1, 0.15) is 6.92 Å². The van der Waals surface area contributed by atoms with E-state index in [1.807, 2.05) is 37.1 Å². The Morgan fingerprint density at radius 3 is 2.63 bits per heavy atom. The number of aromatic nitrogens is 1. The minimum atomic E-state index is -3.23. The topological polar surface area (TPSA) is 77.0 Å². The Morgan fingerprint density at radius 2 is 2.04 bits per heavy atom. The molecule has 148 valence electrons. The highest BCUT2D eigenvalue weighted by atomic mass is 35.5. The number of fused-ring (bicyclic) bond motifs is 1. The third-order valence-corrected chi connectivity index (χ3v) is 6.92.